The largest absolute Gasteiger partial charge is 0.497 e. The second kappa shape index (κ2) is 8.82. The van der Waals surface area contributed by atoms with Gasteiger partial charge in [-0.15, -0.1) is 0 Å². The lowest BCUT2D eigenvalue weighted by molar-refractivity contribution is -0.123. The minimum absolute atomic E-state index is 0.114. The molecule has 0 bridgehead atoms. The second-order valence-electron chi connectivity index (χ2n) is 5.34. The summed E-state index contributed by atoms with van der Waals surface area (Å²) in [5, 5.41) is 2.89. The lowest BCUT2D eigenvalue weighted by Gasteiger charge is -2.18. The molecule has 0 fully saturated rings. The van der Waals surface area contributed by atoms with Crippen LogP contribution in [0, 0.1) is 0 Å². The van der Waals surface area contributed by atoms with Gasteiger partial charge < -0.3 is 24.3 Å². The van der Waals surface area contributed by atoms with E-state index in [9.17, 15) is 4.79 Å². The van der Waals surface area contributed by atoms with Crippen LogP contribution in [-0.4, -0.2) is 33.8 Å². The molecule has 0 aliphatic rings. The lowest BCUT2D eigenvalue weighted by atomic mass is 10.1. The molecule has 0 heterocycles. The maximum atomic E-state index is 12.2. The van der Waals surface area contributed by atoms with Crippen LogP contribution in [0.5, 0.6) is 23.0 Å². The van der Waals surface area contributed by atoms with E-state index in [2.05, 4.69) is 5.32 Å². The molecule has 1 N–H and O–H groups in total. The highest BCUT2D eigenvalue weighted by atomic mass is 16.5. The molecule has 2 rings (SSSR count). The van der Waals surface area contributed by atoms with Crippen LogP contribution in [0.15, 0.2) is 42.5 Å². The molecule has 134 valence electrons. The van der Waals surface area contributed by atoms with Gasteiger partial charge in [-0.2, -0.15) is 0 Å². The summed E-state index contributed by atoms with van der Waals surface area (Å²) < 4.78 is 21.3. The van der Waals surface area contributed by atoms with E-state index < -0.39 is 0 Å². The maximum Gasteiger partial charge on any atom is 0.258 e. The molecule has 1 atom stereocenters. The van der Waals surface area contributed by atoms with Crippen molar-refractivity contribution in [2.75, 3.05) is 27.9 Å². The van der Waals surface area contributed by atoms with Gasteiger partial charge in [0.25, 0.3) is 5.91 Å². The lowest BCUT2D eigenvalue weighted by Crippen LogP contribution is -2.31. The zero-order chi connectivity index (χ0) is 18.2. The molecule has 0 spiro atoms. The Labute approximate surface area is 147 Å². The fourth-order valence-electron chi connectivity index (χ4n) is 2.42. The Hall–Kier alpha value is -2.89. The Balaban J connectivity index is 2.00. The molecule has 2 aromatic carbocycles. The summed E-state index contributed by atoms with van der Waals surface area (Å²) in [5.41, 5.74) is 0.826. The molecule has 2 aromatic rings. The molecular weight excluding hydrogens is 322 g/mol. The fraction of sp³-hybridized carbons (Fsp3) is 0.316. The van der Waals surface area contributed by atoms with Crippen LogP contribution in [0.3, 0.4) is 0 Å². The van der Waals surface area contributed by atoms with Gasteiger partial charge in [0, 0.05) is 5.56 Å². The fourth-order valence-corrected chi connectivity index (χ4v) is 2.42. The third-order valence-corrected chi connectivity index (χ3v) is 3.71. The quantitative estimate of drug-likeness (QED) is 0.797. The average Bonchev–Trinajstić information content (AvgIpc) is 2.65. The van der Waals surface area contributed by atoms with Crippen molar-refractivity contribution in [1.82, 2.24) is 5.32 Å². The minimum Gasteiger partial charge on any atom is -0.497 e. The number of hydrogen-bond donors (Lipinski definition) is 1. The second-order valence-corrected chi connectivity index (χ2v) is 5.34. The van der Waals surface area contributed by atoms with E-state index >= 15 is 0 Å². The van der Waals surface area contributed by atoms with Crippen molar-refractivity contribution in [3.05, 3.63) is 48.0 Å². The Kier molecular flexibility index (Phi) is 6.51. The number of amides is 1. The number of carbonyl (C=O) groups is 1. The first-order chi connectivity index (χ1) is 12.1. The monoisotopic (exact) mass is 345 g/mol. The van der Waals surface area contributed by atoms with Crippen LogP contribution in [0.25, 0.3) is 0 Å². The smallest absolute Gasteiger partial charge is 0.258 e. The molecule has 6 heteroatoms. The third-order valence-electron chi connectivity index (χ3n) is 3.71. The number of nitrogens with one attached hydrogen (secondary N) is 1. The van der Waals surface area contributed by atoms with Crippen molar-refractivity contribution >= 4 is 5.91 Å². The first kappa shape index (κ1) is 18.4. The molecular formula is C19H23NO5. The van der Waals surface area contributed by atoms with Gasteiger partial charge in [0.1, 0.15) is 11.5 Å². The van der Waals surface area contributed by atoms with Crippen molar-refractivity contribution < 1.29 is 23.7 Å². The third kappa shape index (κ3) is 4.79. The highest BCUT2D eigenvalue weighted by Crippen LogP contribution is 2.29. The molecule has 0 saturated carbocycles. The Morgan fingerprint density at radius 2 is 1.64 bits per heavy atom. The van der Waals surface area contributed by atoms with E-state index in [-0.39, 0.29) is 18.6 Å². The molecule has 6 nitrogen and oxygen atoms in total. The van der Waals surface area contributed by atoms with Crippen LogP contribution < -0.4 is 24.3 Å². The van der Waals surface area contributed by atoms with Gasteiger partial charge in [0.2, 0.25) is 0 Å². The van der Waals surface area contributed by atoms with Crippen molar-refractivity contribution in [1.29, 1.82) is 0 Å². The van der Waals surface area contributed by atoms with E-state index in [1.165, 1.54) is 0 Å². The zero-order valence-corrected chi connectivity index (χ0v) is 14.9. The van der Waals surface area contributed by atoms with Gasteiger partial charge in [-0.05, 0) is 37.3 Å². The van der Waals surface area contributed by atoms with Crippen LogP contribution in [-0.2, 0) is 4.79 Å². The van der Waals surface area contributed by atoms with Gasteiger partial charge in [-0.25, -0.2) is 0 Å². The average molecular weight is 345 g/mol. The molecule has 1 amide bonds. The van der Waals surface area contributed by atoms with Crippen molar-refractivity contribution in [3.8, 4) is 23.0 Å². The maximum absolute atomic E-state index is 12.2. The van der Waals surface area contributed by atoms with Crippen molar-refractivity contribution in [2.45, 2.75) is 13.0 Å². The summed E-state index contributed by atoms with van der Waals surface area (Å²) in [6, 6.07) is 12.4. The van der Waals surface area contributed by atoms with Crippen LogP contribution in [0.1, 0.15) is 18.5 Å². The first-order valence-corrected chi connectivity index (χ1v) is 7.86. The van der Waals surface area contributed by atoms with Gasteiger partial charge >= 0.3 is 0 Å². The number of benzene rings is 2. The van der Waals surface area contributed by atoms with Gasteiger partial charge in [0.15, 0.2) is 18.1 Å². The molecule has 0 radical (unpaired) electrons. The van der Waals surface area contributed by atoms with E-state index in [4.69, 9.17) is 18.9 Å². The zero-order valence-electron chi connectivity index (χ0n) is 14.9. The predicted molar refractivity (Wildman–Crippen MR) is 94.6 cm³/mol. The van der Waals surface area contributed by atoms with Gasteiger partial charge in [0.05, 0.1) is 27.4 Å². The number of methoxy groups -OCH3 is 3. The molecule has 0 unspecified atom stereocenters. The van der Waals surface area contributed by atoms with Crippen molar-refractivity contribution in [3.63, 3.8) is 0 Å². The van der Waals surface area contributed by atoms with E-state index in [0.717, 1.165) is 5.56 Å². The number of carbonyl (C=O) groups excluding carboxylic acids is 1. The standard InChI is InChI=1S/C19H23NO5/c1-13(15-11-14(22-2)9-10-16(15)23-3)20-19(21)12-25-18-8-6-5-7-17(18)24-4/h5-11,13H,12H2,1-4H3,(H,20,21)/t13-/m1/s1. The Morgan fingerprint density at radius 1 is 0.960 bits per heavy atom. The molecule has 0 aliphatic carbocycles. The van der Waals surface area contributed by atoms with E-state index in [0.29, 0.717) is 23.0 Å². The number of para-hydroxylation sites is 2. The summed E-state index contributed by atoms with van der Waals surface area (Å²) in [6.45, 7) is 1.76. The Bertz CT molecular complexity index is 717. The molecule has 0 aliphatic heterocycles. The number of ether oxygens (including phenoxy) is 4. The topological polar surface area (TPSA) is 66.0 Å². The summed E-state index contributed by atoms with van der Waals surface area (Å²) in [7, 11) is 4.74. The summed E-state index contributed by atoms with van der Waals surface area (Å²) in [4.78, 5) is 12.2. The number of rotatable bonds is 8. The van der Waals surface area contributed by atoms with E-state index in [1.807, 2.05) is 37.3 Å². The van der Waals surface area contributed by atoms with Gasteiger partial charge in [-0.3, -0.25) is 4.79 Å². The van der Waals surface area contributed by atoms with Gasteiger partial charge in [-0.1, -0.05) is 12.1 Å². The summed E-state index contributed by atoms with van der Waals surface area (Å²) in [5.74, 6) is 2.23. The van der Waals surface area contributed by atoms with Crippen LogP contribution >= 0.6 is 0 Å². The Morgan fingerprint density at radius 3 is 2.28 bits per heavy atom. The molecule has 0 aromatic heterocycles. The van der Waals surface area contributed by atoms with Crippen LogP contribution in [0.2, 0.25) is 0 Å². The van der Waals surface area contributed by atoms with Crippen molar-refractivity contribution in [2.24, 2.45) is 0 Å². The summed E-state index contributed by atoms with van der Waals surface area (Å²) in [6.07, 6.45) is 0. The SMILES string of the molecule is COc1ccc(OC)c([C@@H](C)NC(=O)COc2ccccc2OC)c1. The summed E-state index contributed by atoms with van der Waals surface area (Å²) >= 11 is 0. The van der Waals surface area contributed by atoms with E-state index in [1.54, 1.807) is 33.5 Å². The van der Waals surface area contributed by atoms with Crippen LogP contribution in [0.4, 0.5) is 0 Å². The molecule has 0 saturated heterocycles. The number of hydrogen-bond acceptors (Lipinski definition) is 5. The highest BCUT2D eigenvalue weighted by Gasteiger charge is 2.16. The molecule has 25 heavy (non-hydrogen) atoms. The normalized spacial score (nSPS) is 11.4. The highest BCUT2D eigenvalue weighted by molar-refractivity contribution is 5.78. The minimum atomic E-state index is -0.265. The first-order valence-electron chi connectivity index (χ1n) is 7.86. The predicted octanol–water partition coefficient (Wildman–Crippen LogP) is 2.97.